The predicted molar refractivity (Wildman–Crippen MR) is 85.1 cm³/mol. The number of rotatable bonds is 3. The lowest BCUT2D eigenvalue weighted by Crippen LogP contribution is -2.28. The number of fused-ring (bicyclic) bond motifs is 1. The summed E-state index contributed by atoms with van der Waals surface area (Å²) in [4.78, 5) is 25.8. The summed E-state index contributed by atoms with van der Waals surface area (Å²) >= 11 is 0. The summed E-state index contributed by atoms with van der Waals surface area (Å²) in [5, 5.41) is 0. The summed E-state index contributed by atoms with van der Waals surface area (Å²) < 4.78 is 29.7. The highest BCUT2D eigenvalue weighted by atomic mass is 19.1. The van der Waals surface area contributed by atoms with E-state index >= 15 is 0 Å². The van der Waals surface area contributed by atoms with Gasteiger partial charge in [-0.1, -0.05) is 12.1 Å². The fraction of sp³-hybridized carbons (Fsp3) is 0.222. The number of nitrogens with zero attached hydrogens (tertiary/aromatic N) is 1. The van der Waals surface area contributed by atoms with E-state index in [1.165, 1.54) is 17.0 Å². The Labute approximate surface area is 142 Å². The minimum Gasteiger partial charge on any atom is -0.454 e. The molecule has 1 atom stereocenters. The summed E-state index contributed by atoms with van der Waals surface area (Å²) in [5.41, 5.74) is 0.172. The Morgan fingerprint density at radius 1 is 1.16 bits per heavy atom. The summed E-state index contributed by atoms with van der Waals surface area (Å²) in [5.74, 6) is -0.602. The second-order valence-electron chi connectivity index (χ2n) is 5.79. The van der Waals surface area contributed by atoms with E-state index in [9.17, 15) is 14.0 Å². The molecule has 0 N–H and O–H groups in total. The summed E-state index contributed by atoms with van der Waals surface area (Å²) in [7, 11) is 0. The van der Waals surface area contributed by atoms with Crippen LogP contribution in [0.2, 0.25) is 0 Å². The third-order valence-electron chi connectivity index (χ3n) is 4.16. The Kier molecular flexibility index (Phi) is 3.76. The SMILES string of the molecule is O=C(Oc1ccc2c(c1)OCO2)C1CC(=O)N(c2ccccc2F)C1. The number of hydrogen-bond donors (Lipinski definition) is 0. The Hall–Kier alpha value is -3.09. The Morgan fingerprint density at radius 2 is 1.96 bits per heavy atom. The number of carbonyl (C=O) groups excluding carboxylic acids is 2. The van der Waals surface area contributed by atoms with E-state index in [2.05, 4.69) is 0 Å². The van der Waals surface area contributed by atoms with Crippen LogP contribution in [0.5, 0.6) is 17.2 Å². The number of esters is 1. The van der Waals surface area contributed by atoms with Crippen LogP contribution < -0.4 is 19.1 Å². The van der Waals surface area contributed by atoms with E-state index in [0.29, 0.717) is 17.2 Å². The Bertz CT molecular complexity index is 853. The molecule has 0 saturated carbocycles. The van der Waals surface area contributed by atoms with Gasteiger partial charge in [-0.2, -0.15) is 0 Å². The van der Waals surface area contributed by atoms with Gasteiger partial charge in [0.05, 0.1) is 11.6 Å². The molecule has 0 aliphatic carbocycles. The van der Waals surface area contributed by atoms with Crippen LogP contribution in [0.1, 0.15) is 6.42 Å². The number of amides is 1. The number of anilines is 1. The van der Waals surface area contributed by atoms with Crippen molar-refractivity contribution in [1.82, 2.24) is 0 Å². The first-order valence-corrected chi connectivity index (χ1v) is 7.78. The van der Waals surface area contributed by atoms with Gasteiger partial charge in [0, 0.05) is 19.0 Å². The third kappa shape index (κ3) is 2.88. The van der Waals surface area contributed by atoms with Crippen molar-refractivity contribution >= 4 is 17.6 Å². The lowest BCUT2D eigenvalue weighted by atomic mass is 10.1. The van der Waals surface area contributed by atoms with Crippen molar-refractivity contribution in [3.05, 3.63) is 48.3 Å². The second kappa shape index (κ2) is 6.08. The van der Waals surface area contributed by atoms with Gasteiger partial charge in [0.15, 0.2) is 11.5 Å². The molecule has 1 amide bonds. The van der Waals surface area contributed by atoms with Crippen LogP contribution in [-0.2, 0) is 9.59 Å². The molecular formula is C18H14FNO5. The number of ether oxygens (including phenoxy) is 3. The largest absolute Gasteiger partial charge is 0.454 e. The molecule has 7 heteroatoms. The van der Waals surface area contributed by atoms with Crippen LogP contribution in [0.15, 0.2) is 42.5 Å². The molecule has 2 aliphatic heterocycles. The molecule has 2 aliphatic rings. The van der Waals surface area contributed by atoms with Crippen molar-refractivity contribution in [1.29, 1.82) is 0 Å². The molecule has 1 saturated heterocycles. The molecule has 0 aromatic heterocycles. The highest BCUT2D eigenvalue weighted by Gasteiger charge is 2.37. The average molecular weight is 343 g/mol. The third-order valence-corrected chi connectivity index (χ3v) is 4.16. The van der Waals surface area contributed by atoms with Crippen molar-refractivity contribution in [3.63, 3.8) is 0 Å². The first-order chi connectivity index (χ1) is 12.1. The normalized spacial score (nSPS) is 18.5. The zero-order chi connectivity index (χ0) is 17.4. The van der Waals surface area contributed by atoms with E-state index in [1.807, 2.05) is 0 Å². The highest BCUT2D eigenvalue weighted by Crippen LogP contribution is 2.35. The first kappa shape index (κ1) is 15.4. The number of carbonyl (C=O) groups is 2. The molecule has 0 bridgehead atoms. The van der Waals surface area contributed by atoms with E-state index in [-0.39, 0.29) is 31.4 Å². The molecule has 2 heterocycles. The Balaban J connectivity index is 1.47. The van der Waals surface area contributed by atoms with E-state index in [4.69, 9.17) is 14.2 Å². The number of benzene rings is 2. The average Bonchev–Trinajstić information content (AvgIpc) is 3.21. The van der Waals surface area contributed by atoms with Crippen LogP contribution in [0.4, 0.5) is 10.1 Å². The fourth-order valence-electron chi connectivity index (χ4n) is 2.91. The van der Waals surface area contributed by atoms with Gasteiger partial charge in [0.25, 0.3) is 0 Å². The van der Waals surface area contributed by atoms with Gasteiger partial charge in [-0.3, -0.25) is 9.59 Å². The van der Waals surface area contributed by atoms with Crippen molar-refractivity contribution in [2.24, 2.45) is 5.92 Å². The Morgan fingerprint density at radius 3 is 2.80 bits per heavy atom. The van der Waals surface area contributed by atoms with Gasteiger partial charge < -0.3 is 19.1 Å². The fourth-order valence-corrected chi connectivity index (χ4v) is 2.91. The molecule has 0 spiro atoms. The van der Waals surface area contributed by atoms with E-state index < -0.39 is 17.7 Å². The monoisotopic (exact) mass is 343 g/mol. The smallest absolute Gasteiger partial charge is 0.316 e. The maximum atomic E-state index is 13.9. The van der Waals surface area contributed by atoms with Crippen LogP contribution in [0.3, 0.4) is 0 Å². The van der Waals surface area contributed by atoms with Crippen LogP contribution in [-0.4, -0.2) is 25.2 Å². The number of para-hydroxylation sites is 1. The maximum absolute atomic E-state index is 13.9. The zero-order valence-corrected chi connectivity index (χ0v) is 13.1. The minimum absolute atomic E-state index is 0.0162. The standard InChI is InChI=1S/C18H14FNO5/c19-13-3-1-2-4-14(13)20-9-11(7-17(20)21)18(22)25-12-5-6-15-16(8-12)24-10-23-15/h1-6,8,11H,7,9-10H2. The quantitative estimate of drug-likeness (QED) is 0.633. The molecule has 1 unspecified atom stereocenters. The van der Waals surface area contributed by atoms with Crippen molar-refractivity contribution in [3.8, 4) is 17.2 Å². The lowest BCUT2D eigenvalue weighted by Gasteiger charge is -2.17. The van der Waals surface area contributed by atoms with Crippen molar-refractivity contribution < 1.29 is 28.2 Å². The first-order valence-electron chi connectivity index (χ1n) is 7.78. The maximum Gasteiger partial charge on any atom is 0.316 e. The molecule has 4 rings (SSSR count). The zero-order valence-electron chi connectivity index (χ0n) is 13.1. The lowest BCUT2D eigenvalue weighted by molar-refractivity contribution is -0.139. The molecule has 25 heavy (non-hydrogen) atoms. The number of halogens is 1. The molecular weight excluding hydrogens is 329 g/mol. The van der Waals surface area contributed by atoms with Gasteiger partial charge in [0.1, 0.15) is 11.6 Å². The van der Waals surface area contributed by atoms with Crippen LogP contribution >= 0.6 is 0 Å². The van der Waals surface area contributed by atoms with Gasteiger partial charge in [-0.25, -0.2) is 4.39 Å². The summed E-state index contributed by atoms with van der Waals surface area (Å²) in [6.45, 7) is 0.213. The van der Waals surface area contributed by atoms with E-state index in [0.717, 1.165) is 0 Å². The van der Waals surface area contributed by atoms with Crippen LogP contribution in [0, 0.1) is 11.7 Å². The van der Waals surface area contributed by atoms with Crippen LogP contribution in [0.25, 0.3) is 0 Å². The summed E-state index contributed by atoms with van der Waals surface area (Å²) in [6.07, 6.45) is -0.0162. The van der Waals surface area contributed by atoms with Crippen molar-refractivity contribution in [2.45, 2.75) is 6.42 Å². The summed E-state index contributed by atoms with van der Waals surface area (Å²) in [6, 6.07) is 10.8. The minimum atomic E-state index is -0.655. The van der Waals surface area contributed by atoms with E-state index in [1.54, 1.807) is 30.3 Å². The van der Waals surface area contributed by atoms with Crippen molar-refractivity contribution in [2.75, 3.05) is 18.2 Å². The predicted octanol–water partition coefficient (Wildman–Crippen LogP) is 2.51. The molecule has 6 nitrogen and oxygen atoms in total. The second-order valence-corrected chi connectivity index (χ2v) is 5.79. The van der Waals surface area contributed by atoms with Gasteiger partial charge >= 0.3 is 5.97 Å². The molecule has 128 valence electrons. The number of hydrogen-bond acceptors (Lipinski definition) is 5. The topological polar surface area (TPSA) is 65.1 Å². The van der Waals surface area contributed by atoms with Gasteiger partial charge in [0.2, 0.25) is 12.7 Å². The van der Waals surface area contributed by atoms with Gasteiger partial charge in [-0.05, 0) is 24.3 Å². The molecule has 2 aromatic carbocycles. The molecule has 0 radical (unpaired) electrons. The van der Waals surface area contributed by atoms with Gasteiger partial charge in [-0.15, -0.1) is 0 Å². The highest BCUT2D eigenvalue weighted by molar-refractivity contribution is 5.99. The molecule has 1 fully saturated rings. The molecule has 2 aromatic rings.